The Morgan fingerprint density at radius 1 is 1.59 bits per heavy atom. The van der Waals surface area contributed by atoms with Crippen LogP contribution < -0.4 is 0 Å². The first kappa shape index (κ1) is 14.5. The smallest absolute Gasteiger partial charge is 0.308 e. The summed E-state index contributed by atoms with van der Waals surface area (Å²) in [5, 5.41) is 8.73. The lowest BCUT2D eigenvalue weighted by Crippen LogP contribution is -1.99. The first-order valence-electron chi connectivity index (χ1n) is 5.52. The molecule has 1 rings (SSSR count). The maximum Gasteiger partial charge on any atom is 0.308 e. The van der Waals surface area contributed by atoms with Crippen molar-refractivity contribution < 1.29 is 14.6 Å². The summed E-state index contributed by atoms with van der Waals surface area (Å²) in [5.74, 6) is 0.157. The monoisotopic (exact) mass is 275 g/mol. The molecule has 0 saturated heterocycles. The third kappa shape index (κ3) is 5.52. The Labute approximate surface area is 109 Å². The molecular weight excluding hydrogens is 258 g/mol. The van der Waals surface area contributed by atoms with Crippen LogP contribution in [0.5, 0.6) is 0 Å². The van der Waals surface area contributed by atoms with Gasteiger partial charge in [-0.15, -0.1) is 11.3 Å². The molecule has 0 fully saturated rings. The van der Waals surface area contributed by atoms with Crippen LogP contribution in [0.1, 0.15) is 23.9 Å². The van der Waals surface area contributed by atoms with Crippen molar-refractivity contribution in [3.05, 3.63) is 10.6 Å². The molecule has 0 bridgehead atoms. The molecule has 0 spiro atoms. The number of ether oxygens (including phenoxy) is 1. The van der Waals surface area contributed by atoms with Crippen molar-refractivity contribution in [3.63, 3.8) is 0 Å². The Balaban J connectivity index is 2.36. The topological polar surface area (TPSA) is 59.4 Å². The van der Waals surface area contributed by atoms with Gasteiger partial charge in [-0.3, -0.25) is 4.79 Å². The number of carboxylic acids is 1. The predicted molar refractivity (Wildman–Crippen MR) is 70.0 cm³/mol. The summed E-state index contributed by atoms with van der Waals surface area (Å²) in [5.41, 5.74) is 0.838. The van der Waals surface area contributed by atoms with Gasteiger partial charge in [0, 0.05) is 23.8 Å². The van der Waals surface area contributed by atoms with Gasteiger partial charge in [-0.05, 0) is 20.3 Å². The van der Waals surface area contributed by atoms with Crippen molar-refractivity contribution in [1.29, 1.82) is 0 Å². The fraction of sp³-hybridized carbons (Fsp3) is 0.636. The number of nitrogens with zero attached hydrogens (tertiary/aromatic N) is 1. The highest BCUT2D eigenvalue weighted by molar-refractivity contribution is 8.01. The number of aromatic nitrogens is 1. The summed E-state index contributed by atoms with van der Waals surface area (Å²) in [4.78, 5) is 15.8. The molecule has 1 aromatic heterocycles. The molecule has 0 atom stereocenters. The van der Waals surface area contributed by atoms with E-state index in [-0.39, 0.29) is 6.42 Å². The lowest BCUT2D eigenvalue weighted by molar-refractivity contribution is -0.136. The molecule has 0 unspecified atom stereocenters. The van der Waals surface area contributed by atoms with Gasteiger partial charge in [-0.25, -0.2) is 4.98 Å². The SMILES string of the molecule is CCOCCCSc1nc(C)c(CC(=O)O)s1. The quantitative estimate of drug-likeness (QED) is 0.584. The molecular formula is C11H17NO3S2. The third-order valence-corrected chi connectivity index (χ3v) is 4.43. The highest BCUT2D eigenvalue weighted by Crippen LogP contribution is 2.27. The third-order valence-electron chi connectivity index (χ3n) is 2.05. The molecule has 0 aromatic carbocycles. The van der Waals surface area contributed by atoms with Crippen LogP contribution in [0, 0.1) is 6.92 Å². The van der Waals surface area contributed by atoms with Gasteiger partial charge in [-0.1, -0.05) is 11.8 Å². The molecule has 0 aliphatic carbocycles. The van der Waals surface area contributed by atoms with Crippen LogP contribution in [-0.4, -0.2) is 35.0 Å². The van der Waals surface area contributed by atoms with E-state index in [4.69, 9.17) is 9.84 Å². The average molecular weight is 275 g/mol. The van der Waals surface area contributed by atoms with Crippen molar-refractivity contribution >= 4 is 29.1 Å². The average Bonchev–Trinajstić information content (AvgIpc) is 2.58. The van der Waals surface area contributed by atoms with Gasteiger partial charge >= 0.3 is 5.97 Å². The van der Waals surface area contributed by atoms with Crippen LogP contribution >= 0.6 is 23.1 Å². The van der Waals surface area contributed by atoms with Crippen LogP contribution in [0.15, 0.2) is 4.34 Å². The molecule has 1 aromatic rings. The normalized spacial score (nSPS) is 10.7. The predicted octanol–water partition coefficient (Wildman–Crippen LogP) is 2.60. The molecule has 1 N–H and O–H groups in total. The van der Waals surface area contributed by atoms with Gasteiger partial charge in [0.25, 0.3) is 0 Å². The summed E-state index contributed by atoms with van der Waals surface area (Å²) in [6, 6.07) is 0. The largest absolute Gasteiger partial charge is 0.481 e. The Morgan fingerprint density at radius 3 is 3.00 bits per heavy atom. The lowest BCUT2D eigenvalue weighted by Gasteiger charge is -1.98. The Hall–Kier alpha value is -0.590. The molecule has 0 aliphatic heterocycles. The van der Waals surface area contributed by atoms with Gasteiger partial charge in [0.05, 0.1) is 12.1 Å². The summed E-state index contributed by atoms with van der Waals surface area (Å²) in [6.07, 6.45) is 1.06. The van der Waals surface area contributed by atoms with E-state index in [1.54, 1.807) is 11.8 Å². The van der Waals surface area contributed by atoms with Crippen molar-refractivity contribution in [3.8, 4) is 0 Å². The number of aliphatic carboxylic acids is 1. The summed E-state index contributed by atoms with van der Waals surface area (Å²) >= 11 is 3.15. The highest BCUT2D eigenvalue weighted by atomic mass is 32.2. The molecule has 4 nitrogen and oxygen atoms in total. The van der Waals surface area contributed by atoms with E-state index in [1.807, 2.05) is 13.8 Å². The van der Waals surface area contributed by atoms with E-state index in [2.05, 4.69) is 4.98 Å². The lowest BCUT2D eigenvalue weighted by atomic mass is 10.3. The number of hydrogen-bond donors (Lipinski definition) is 1. The van der Waals surface area contributed by atoms with Crippen LogP contribution in [0.25, 0.3) is 0 Å². The Kier molecular flexibility index (Phi) is 6.54. The maximum absolute atomic E-state index is 10.6. The van der Waals surface area contributed by atoms with E-state index in [1.165, 1.54) is 11.3 Å². The number of aryl methyl sites for hydroxylation is 1. The molecule has 17 heavy (non-hydrogen) atoms. The van der Waals surface area contributed by atoms with Crippen molar-refractivity contribution in [2.45, 2.75) is 31.0 Å². The molecule has 0 amide bonds. The van der Waals surface area contributed by atoms with Gasteiger partial charge in [0.15, 0.2) is 0 Å². The minimum Gasteiger partial charge on any atom is -0.481 e. The van der Waals surface area contributed by atoms with E-state index in [9.17, 15) is 4.79 Å². The number of rotatable bonds is 8. The molecule has 1 heterocycles. The van der Waals surface area contributed by atoms with Gasteiger partial charge in [0.1, 0.15) is 4.34 Å². The number of carboxylic acid groups (broad SMARTS) is 1. The van der Waals surface area contributed by atoms with E-state index in [0.717, 1.165) is 40.3 Å². The number of thiazole rings is 1. The van der Waals surface area contributed by atoms with Crippen LogP contribution in [-0.2, 0) is 16.0 Å². The van der Waals surface area contributed by atoms with Crippen molar-refractivity contribution in [2.75, 3.05) is 19.0 Å². The summed E-state index contributed by atoms with van der Waals surface area (Å²) in [6.45, 7) is 5.37. The zero-order valence-corrected chi connectivity index (χ0v) is 11.7. The molecule has 0 aliphatic rings. The first-order valence-corrected chi connectivity index (χ1v) is 7.32. The fourth-order valence-corrected chi connectivity index (χ4v) is 3.44. The number of hydrogen-bond acceptors (Lipinski definition) is 5. The molecule has 0 saturated carbocycles. The van der Waals surface area contributed by atoms with E-state index < -0.39 is 5.97 Å². The van der Waals surface area contributed by atoms with Crippen molar-refractivity contribution in [1.82, 2.24) is 4.98 Å². The zero-order chi connectivity index (χ0) is 12.7. The van der Waals surface area contributed by atoms with E-state index in [0.29, 0.717) is 0 Å². The zero-order valence-electron chi connectivity index (χ0n) is 10.1. The second-order valence-corrected chi connectivity index (χ2v) is 5.88. The van der Waals surface area contributed by atoms with Crippen LogP contribution in [0.2, 0.25) is 0 Å². The van der Waals surface area contributed by atoms with E-state index >= 15 is 0 Å². The minimum atomic E-state index is -0.801. The maximum atomic E-state index is 10.6. The number of carbonyl (C=O) groups is 1. The minimum absolute atomic E-state index is 0.0724. The molecule has 96 valence electrons. The Morgan fingerprint density at radius 2 is 2.35 bits per heavy atom. The van der Waals surface area contributed by atoms with Gasteiger partial charge in [-0.2, -0.15) is 0 Å². The van der Waals surface area contributed by atoms with Gasteiger partial charge < -0.3 is 9.84 Å². The summed E-state index contributed by atoms with van der Waals surface area (Å²) < 4.78 is 6.20. The van der Waals surface area contributed by atoms with Crippen molar-refractivity contribution in [2.24, 2.45) is 0 Å². The van der Waals surface area contributed by atoms with Crippen LogP contribution in [0.4, 0.5) is 0 Å². The molecule has 6 heteroatoms. The van der Waals surface area contributed by atoms with Gasteiger partial charge in [0.2, 0.25) is 0 Å². The second kappa shape index (κ2) is 7.68. The second-order valence-electron chi connectivity index (χ2n) is 3.46. The molecule has 0 radical (unpaired) electrons. The fourth-order valence-electron chi connectivity index (χ4n) is 1.23. The highest BCUT2D eigenvalue weighted by Gasteiger charge is 2.10. The Bertz CT molecular complexity index is 366. The standard InChI is InChI=1S/C11H17NO3S2/c1-3-15-5-4-6-16-11-12-8(2)9(17-11)7-10(13)14/h3-7H2,1-2H3,(H,13,14). The number of thioether (sulfide) groups is 1. The van der Waals surface area contributed by atoms with Crippen LogP contribution in [0.3, 0.4) is 0 Å². The first-order chi connectivity index (χ1) is 8.13. The summed E-state index contributed by atoms with van der Waals surface area (Å²) in [7, 11) is 0.